The summed E-state index contributed by atoms with van der Waals surface area (Å²) in [5, 5.41) is 0.415. The Morgan fingerprint density at radius 2 is 2.28 bits per heavy atom. The first-order valence-corrected chi connectivity index (χ1v) is 6.42. The van der Waals surface area contributed by atoms with Crippen molar-refractivity contribution in [3.8, 4) is 0 Å². The highest BCUT2D eigenvalue weighted by molar-refractivity contribution is 6.30. The van der Waals surface area contributed by atoms with Gasteiger partial charge in [0.15, 0.2) is 5.15 Å². The Kier molecular flexibility index (Phi) is 4.31. The van der Waals surface area contributed by atoms with Gasteiger partial charge in [0.05, 0.1) is 12.5 Å². The van der Waals surface area contributed by atoms with E-state index in [1.165, 1.54) is 0 Å². The van der Waals surface area contributed by atoms with Gasteiger partial charge in [-0.15, -0.1) is 0 Å². The molecule has 0 unspecified atom stereocenters. The van der Waals surface area contributed by atoms with E-state index in [1.807, 2.05) is 13.0 Å². The molecule has 0 bridgehead atoms. The second-order valence-corrected chi connectivity index (χ2v) is 4.51. The van der Waals surface area contributed by atoms with Crippen molar-refractivity contribution in [3.63, 3.8) is 0 Å². The van der Waals surface area contributed by atoms with E-state index in [0.717, 1.165) is 24.1 Å². The lowest BCUT2D eigenvalue weighted by Gasteiger charge is -2.20. The SMILES string of the molecule is CCOC(=O)[C@@H]1CC=C(c2nccnc2Cl)CC1. The van der Waals surface area contributed by atoms with Crippen molar-refractivity contribution < 1.29 is 9.53 Å². The lowest BCUT2D eigenvalue weighted by Crippen LogP contribution is -2.19. The Balaban J connectivity index is 2.07. The number of nitrogens with zero attached hydrogens (tertiary/aromatic N) is 2. The highest BCUT2D eigenvalue weighted by atomic mass is 35.5. The van der Waals surface area contributed by atoms with Crippen molar-refractivity contribution in [2.75, 3.05) is 6.61 Å². The van der Waals surface area contributed by atoms with Gasteiger partial charge in [-0.05, 0) is 31.8 Å². The van der Waals surface area contributed by atoms with Crippen molar-refractivity contribution in [2.24, 2.45) is 5.92 Å². The topological polar surface area (TPSA) is 52.1 Å². The third-order valence-electron chi connectivity index (χ3n) is 2.99. The molecule has 1 aromatic rings. The van der Waals surface area contributed by atoms with Crippen molar-refractivity contribution in [3.05, 3.63) is 29.3 Å². The van der Waals surface area contributed by atoms with Crippen LogP contribution in [-0.4, -0.2) is 22.5 Å². The molecule has 5 heteroatoms. The predicted octanol–water partition coefficient (Wildman–Crippen LogP) is 2.88. The van der Waals surface area contributed by atoms with E-state index in [1.54, 1.807) is 12.4 Å². The molecule has 0 N–H and O–H groups in total. The molecular weight excluding hydrogens is 252 g/mol. The van der Waals surface area contributed by atoms with E-state index in [4.69, 9.17) is 16.3 Å². The third-order valence-corrected chi connectivity index (χ3v) is 3.27. The summed E-state index contributed by atoms with van der Waals surface area (Å²) in [6.07, 6.45) is 7.44. The number of halogens is 1. The van der Waals surface area contributed by atoms with Gasteiger partial charge in [-0.25, -0.2) is 4.98 Å². The van der Waals surface area contributed by atoms with Gasteiger partial charge in [0.25, 0.3) is 0 Å². The van der Waals surface area contributed by atoms with Crippen LogP contribution in [0.4, 0.5) is 0 Å². The van der Waals surface area contributed by atoms with Crippen molar-refractivity contribution >= 4 is 23.1 Å². The largest absolute Gasteiger partial charge is 0.466 e. The zero-order chi connectivity index (χ0) is 13.0. The number of hydrogen-bond donors (Lipinski definition) is 0. The predicted molar refractivity (Wildman–Crippen MR) is 69.0 cm³/mol. The third kappa shape index (κ3) is 2.88. The Morgan fingerprint density at radius 1 is 1.50 bits per heavy atom. The molecule has 0 spiro atoms. The van der Waals surface area contributed by atoms with Gasteiger partial charge in [-0.3, -0.25) is 9.78 Å². The standard InChI is InChI=1S/C13H15ClN2O2/c1-2-18-13(17)10-5-3-9(4-6-10)11-12(14)16-8-7-15-11/h3,7-8,10H,2,4-6H2,1H3/t10-/m1/s1. The molecule has 96 valence electrons. The van der Waals surface area contributed by atoms with Crippen molar-refractivity contribution in [2.45, 2.75) is 26.2 Å². The minimum absolute atomic E-state index is 0.0378. The first-order chi connectivity index (χ1) is 8.72. The fourth-order valence-electron chi connectivity index (χ4n) is 2.06. The summed E-state index contributed by atoms with van der Waals surface area (Å²) in [7, 11) is 0. The second-order valence-electron chi connectivity index (χ2n) is 4.15. The van der Waals surface area contributed by atoms with Crippen LogP contribution in [0.15, 0.2) is 18.5 Å². The fraction of sp³-hybridized carbons (Fsp3) is 0.462. The average molecular weight is 267 g/mol. The first kappa shape index (κ1) is 13.0. The number of carbonyl (C=O) groups is 1. The van der Waals surface area contributed by atoms with Crippen LogP contribution < -0.4 is 0 Å². The Morgan fingerprint density at radius 3 is 2.89 bits per heavy atom. The molecule has 0 aromatic carbocycles. The lowest BCUT2D eigenvalue weighted by molar-refractivity contribution is -0.148. The molecule has 1 aliphatic carbocycles. The molecule has 1 heterocycles. The minimum Gasteiger partial charge on any atom is -0.466 e. The van der Waals surface area contributed by atoms with E-state index in [0.29, 0.717) is 18.2 Å². The number of ether oxygens (including phenoxy) is 1. The zero-order valence-corrected chi connectivity index (χ0v) is 11.0. The lowest BCUT2D eigenvalue weighted by atomic mass is 9.88. The van der Waals surface area contributed by atoms with Crippen molar-refractivity contribution in [1.82, 2.24) is 9.97 Å². The molecule has 1 aliphatic rings. The van der Waals surface area contributed by atoms with Crippen LogP contribution in [0.3, 0.4) is 0 Å². The molecule has 18 heavy (non-hydrogen) atoms. The fourth-order valence-corrected chi connectivity index (χ4v) is 2.29. The summed E-state index contributed by atoms with van der Waals surface area (Å²) in [6.45, 7) is 2.25. The molecular formula is C13H15ClN2O2. The molecule has 2 rings (SSSR count). The number of esters is 1. The van der Waals surface area contributed by atoms with Crippen molar-refractivity contribution in [1.29, 1.82) is 0 Å². The first-order valence-electron chi connectivity index (χ1n) is 6.05. The van der Waals surface area contributed by atoms with E-state index in [-0.39, 0.29) is 11.9 Å². The summed E-state index contributed by atoms with van der Waals surface area (Å²) < 4.78 is 5.02. The maximum atomic E-state index is 11.6. The summed E-state index contributed by atoms with van der Waals surface area (Å²) in [4.78, 5) is 19.8. The maximum absolute atomic E-state index is 11.6. The normalized spacial score (nSPS) is 19.2. The monoisotopic (exact) mass is 266 g/mol. The van der Waals surface area contributed by atoms with Gasteiger partial charge < -0.3 is 4.74 Å². The number of rotatable bonds is 3. The van der Waals surface area contributed by atoms with E-state index >= 15 is 0 Å². The van der Waals surface area contributed by atoms with Gasteiger partial charge in [-0.2, -0.15) is 0 Å². The summed E-state index contributed by atoms with van der Waals surface area (Å²) in [6, 6.07) is 0. The smallest absolute Gasteiger partial charge is 0.309 e. The Hall–Kier alpha value is -1.42. The zero-order valence-electron chi connectivity index (χ0n) is 10.2. The molecule has 0 amide bonds. The number of aromatic nitrogens is 2. The van der Waals surface area contributed by atoms with E-state index in [2.05, 4.69) is 9.97 Å². The highest BCUT2D eigenvalue weighted by Crippen LogP contribution is 2.32. The average Bonchev–Trinajstić information content (AvgIpc) is 2.40. The van der Waals surface area contributed by atoms with Gasteiger partial charge in [0, 0.05) is 12.4 Å². The van der Waals surface area contributed by atoms with Gasteiger partial charge in [0.1, 0.15) is 5.69 Å². The minimum atomic E-state index is -0.113. The van der Waals surface area contributed by atoms with Crippen LogP contribution in [0.2, 0.25) is 5.15 Å². The van der Waals surface area contributed by atoms with Crippen LogP contribution >= 0.6 is 11.6 Å². The molecule has 1 atom stereocenters. The van der Waals surface area contributed by atoms with Crippen LogP contribution in [0, 0.1) is 5.92 Å². The second kappa shape index (κ2) is 5.96. The van der Waals surface area contributed by atoms with Crippen LogP contribution in [0.5, 0.6) is 0 Å². The number of hydrogen-bond acceptors (Lipinski definition) is 4. The van der Waals surface area contributed by atoms with Crippen LogP contribution in [0.1, 0.15) is 31.9 Å². The quantitative estimate of drug-likeness (QED) is 0.790. The van der Waals surface area contributed by atoms with Gasteiger partial charge in [0.2, 0.25) is 0 Å². The molecule has 1 aromatic heterocycles. The van der Waals surface area contributed by atoms with Gasteiger partial charge >= 0.3 is 5.97 Å². The van der Waals surface area contributed by atoms with Crippen LogP contribution in [0.25, 0.3) is 5.57 Å². The Labute approximate surface area is 111 Å². The Bertz CT molecular complexity index is 474. The van der Waals surface area contributed by atoms with E-state index in [9.17, 15) is 4.79 Å². The summed E-state index contributed by atoms with van der Waals surface area (Å²) in [5.74, 6) is -0.151. The molecule has 4 nitrogen and oxygen atoms in total. The molecule has 0 saturated carbocycles. The van der Waals surface area contributed by atoms with Crippen LogP contribution in [-0.2, 0) is 9.53 Å². The number of carbonyl (C=O) groups excluding carboxylic acids is 1. The summed E-state index contributed by atoms with van der Waals surface area (Å²) >= 11 is 6.00. The molecule has 0 aliphatic heterocycles. The number of allylic oxidation sites excluding steroid dienone is 2. The highest BCUT2D eigenvalue weighted by Gasteiger charge is 2.24. The van der Waals surface area contributed by atoms with E-state index < -0.39 is 0 Å². The molecule has 0 saturated heterocycles. The van der Waals surface area contributed by atoms with Gasteiger partial charge in [-0.1, -0.05) is 17.7 Å². The molecule has 0 fully saturated rings. The summed E-state index contributed by atoms with van der Waals surface area (Å²) in [5.41, 5.74) is 1.79. The maximum Gasteiger partial charge on any atom is 0.309 e. The molecule has 0 radical (unpaired) electrons.